The summed E-state index contributed by atoms with van der Waals surface area (Å²) >= 11 is 0. The lowest BCUT2D eigenvalue weighted by atomic mass is 10.1. The molecule has 0 unspecified atom stereocenters. The predicted molar refractivity (Wildman–Crippen MR) is 126 cm³/mol. The van der Waals surface area contributed by atoms with E-state index in [2.05, 4.69) is 4.99 Å². The molecular formula is C27H23N2O6-. The zero-order chi connectivity index (χ0) is 24.9. The van der Waals surface area contributed by atoms with Crippen LogP contribution in [0.4, 0.5) is 4.79 Å². The molecule has 3 amide bonds. The van der Waals surface area contributed by atoms with Gasteiger partial charge in [-0.25, -0.2) is 4.79 Å². The molecule has 1 aliphatic heterocycles. The van der Waals surface area contributed by atoms with Crippen LogP contribution in [0.25, 0.3) is 0 Å². The molecule has 35 heavy (non-hydrogen) atoms. The first kappa shape index (κ1) is 23.7. The zero-order valence-corrected chi connectivity index (χ0v) is 19.3. The molecule has 0 bridgehead atoms. The highest BCUT2D eigenvalue weighted by Crippen LogP contribution is 2.29. The number of aryl methyl sites for hydroxylation is 1. The topological polar surface area (TPSA) is 108 Å². The maximum Gasteiger partial charge on any atom is 0.351 e. The number of imide groups is 1. The minimum Gasteiger partial charge on any atom is -0.545 e. The Morgan fingerprint density at radius 1 is 0.943 bits per heavy atom. The number of carbonyl (C=O) groups excluding carboxylic acids is 3. The lowest BCUT2D eigenvalue weighted by molar-refractivity contribution is -0.255. The van der Waals surface area contributed by atoms with Crippen molar-refractivity contribution in [1.82, 2.24) is 4.90 Å². The molecule has 0 fully saturated rings. The molecule has 0 atom stereocenters. The van der Waals surface area contributed by atoms with Crippen LogP contribution in [-0.4, -0.2) is 35.6 Å². The summed E-state index contributed by atoms with van der Waals surface area (Å²) in [4.78, 5) is 41.3. The number of ether oxygens (including phenoxy) is 2. The van der Waals surface area contributed by atoms with Crippen molar-refractivity contribution in [1.29, 1.82) is 0 Å². The SMILES string of the molecule is COc1cc(CC2=NC(=O)N(Cc3ccc(C)cc3)C2=O)ccc1OCc1cccc(C(=O)[O-])c1. The number of hydrogen-bond acceptors (Lipinski definition) is 6. The molecule has 0 radical (unpaired) electrons. The van der Waals surface area contributed by atoms with Gasteiger partial charge in [-0.3, -0.25) is 9.69 Å². The number of hydrogen-bond donors (Lipinski definition) is 0. The van der Waals surface area contributed by atoms with Crippen molar-refractivity contribution in [2.24, 2.45) is 4.99 Å². The third-order valence-corrected chi connectivity index (χ3v) is 5.57. The fraction of sp³-hybridized carbons (Fsp3) is 0.185. The molecule has 0 spiro atoms. The molecule has 3 aromatic carbocycles. The van der Waals surface area contributed by atoms with Crippen molar-refractivity contribution < 1.29 is 29.0 Å². The number of rotatable bonds is 9. The number of aromatic carboxylic acids is 1. The molecule has 1 aliphatic rings. The highest BCUT2D eigenvalue weighted by molar-refractivity contribution is 6.46. The van der Waals surface area contributed by atoms with Crippen molar-refractivity contribution in [2.75, 3.05) is 7.11 Å². The van der Waals surface area contributed by atoms with Crippen LogP contribution in [0.3, 0.4) is 0 Å². The highest BCUT2D eigenvalue weighted by atomic mass is 16.5. The van der Waals surface area contributed by atoms with Crippen LogP contribution in [0.15, 0.2) is 71.7 Å². The van der Waals surface area contributed by atoms with E-state index in [1.165, 1.54) is 19.2 Å². The fourth-order valence-electron chi connectivity index (χ4n) is 3.68. The molecular weight excluding hydrogens is 448 g/mol. The van der Waals surface area contributed by atoms with Crippen LogP contribution in [0.1, 0.15) is 32.6 Å². The molecule has 0 N–H and O–H groups in total. The van der Waals surface area contributed by atoms with Gasteiger partial charge in [-0.05, 0) is 47.4 Å². The number of nitrogens with zero attached hydrogens (tertiary/aromatic N) is 2. The second-order valence-corrected chi connectivity index (χ2v) is 8.16. The Hall–Kier alpha value is -4.46. The van der Waals surface area contributed by atoms with Gasteiger partial charge in [0, 0.05) is 6.42 Å². The highest BCUT2D eigenvalue weighted by Gasteiger charge is 2.33. The number of carboxylic acids is 1. The number of amides is 3. The summed E-state index contributed by atoms with van der Waals surface area (Å²) in [5.41, 5.74) is 3.57. The Kier molecular flexibility index (Phi) is 6.91. The number of methoxy groups -OCH3 is 1. The average molecular weight is 471 g/mol. The Morgan fingerprint density at radius 3 is 2.40 bits per heavy atom. The fourth-order valence-corrected chi connectivity index (χ4v) is 3.68. The van der Waals surface area contributed by atoms with Crippen LogP contribution in [0.2, 0.25) is 0 Å². The van der Waals surface area contributed by atoms with Crippen LogP contribution in [-0.2, 0) is 24.4 Å². The van der Waals surface area contributed by atoms with Crippen LogP contribution in [0, 0.1) is 6.92 Å². The summed E-state index contributed by atoms with van der Waals surface area (Å²) in [6.45, 7) is 2.26. The van der Waals surface area contributed by atoms with Gasteiger partial charge in [-0.15, -0.1) is 0 Å². The molecule has 4 rings (SSSR count). The molecule has 8 nitrogen and oxygen atoms in total. The lowest BCUT2D eigenvalue weighted by Gasteiger charge is -2.14. The maximum atomic E-state index is 12.8. The van der Waals surface area contributed by atoms with Crippen molar-refractivity contribution >= 4 is 23.6 Å². The largest absolute Gasteiger partial charge is 0.545 e. The van der Waals surface area contributed by atoms with Gasteiger partial charge in [-0.1, -0.05) is 54.1 Å². The van der Waals surface area contributed by atoms with Gasteiger partial charge in [0.2, 0.25) is 0 Å². The number of benzene rings is 3. The standard InChI is InChI=1S/C27H24N2O6/c1-17-6-8-18(9-7-17)15-29-25(30)22(28-27(29)33)13-19-10-11-23(24(14-19)34-2)35-16-20-4-3-5-21(12-20)26(31)32/h3-12,14H,13,15-16H2,1-2H3,(H,31,32)/p-1. The van der Waals surface area contributed by atoms with E-state index >= 15 is 0 Å². The molecule has 0 aromatic heterocycles. The Bertz CT molecular complexity index is 1310. The Morgan fingerprint density at radius 2 is 1.69 bits per heavy atom. The summed E-state index contributed by atoms with van der Waals surface area (Å²) < 4.78 is 11.2. The Labute approximate surface area is 202 Å². The lowest BCUT2D eigenvalue weighted by Crippen LogP contribution is -2.32. The van der Waals surface area contributed by atoms with Gasteiger partial charge in [-0.2, -0.15) is 4.99 Å². The van der Waals surface area contributed by atoms with E-state index in [4.69, 9.17) is 9.47 Å². The van der Waals surface area contributed by atoms with Crippen molar-refractivity contribution in [3.05, 3.63) is 94.5 Å². The molecule has 178 valence electrons. The van der Waals surface area contributed by atoms with Crippen LogP contribution < -0.4 is 14.6 Å². The maximum absolute atomic E-state index is 12.8. The Balaban J connectivity index is 1.42. The van der Waals surface area contributed by atoms with Gasteiger partial charge < -0.3 is 19.4 Å². The molecule has 1 heterocycles. The smallest absolute Gasteiger partial charge is 0.351 e. The summed E-state index contributed by atoms with van der Waals surface area (Å²) in [5.74, 6) is -0.781. The van der Waals surface area contributed by atoms with Crippen molar-refractivity contribution in [3.63, 3.8) is 0 Å². The third kappa shape index (κ3) is 5.55. The molecule has 3 aromatic rings. The average Bonchev–Trinajstić information content (AvgIpc) is 3.11. The summed E-state index contributed by atoms with van der Waals surface area (Å²) in [5, 5.41) is 11.0. The number of carbonyl (C=O) groups is 3. The summed E-state index contributed by atoms with van der Waals surface area (Å²) in [6, 6.07) is 18.5. The molecule has 0 saturated heterocycles. The van der Waals surface area contributed by atoms with E-state index in [1.807, 2.05) is 31.2 Å². The van der Waals surface area contributed by atoms with Crippen molar-refractivity contribution in [3.8, 4) is 11.5 Å². The molecule has 0 aliphatic carbocycles. The third-order valence-electron chi connectivity index (χ3n) is 5.57. The van der Waals surface area contributed by atoms with E-state index in [-0.39, 0.29) is 30.8 Å². The number of aliphatic imine (C=N–C) groups is 1. The minimum atomic E-state index is -1.26. The molecule has 0 saturated carbocycles. The number of carboxylic acid groups (broad SMARTS) is 1. The normalized spacial score (nSPS) is 13.1. The van der Waals surface area contributed by atoms with E-state index in [0.717, 1.165) is 21.6 Å². The first-order valence-electron chi connectivity index (χ1n) is 10.9. The van der Waals surface area contributed by atoms with E-state index < -0.39 is 17.9 Å². The van der Waals surface area contributed by atoms with Crippen LogP contribution >= 0.6 is 0 Å². The van der Waals surface area contributed by atoms with Gasteiger partial charge in [0.05, 0.1) is 19.6 Å². The number of urea groups is 1. The van der Waals surface area contributed by atoms with E-state index in [1.54, 1.807) is 30.3 Å². The quantitative estimate of drug-likeness (QED) is 0.475. The monoisotopic (exact) mass is 471 g/mol. The van der Waals surface area contributed by atoms with Gasteiger partial charge in [0.1, 0.15) is 12.3 Å². The van der Waals surface area contributed by atoms with Gasteiger partial charge >= 0.3 is 6.03 Å². The first-order valence-corrected chi connectivity index (χ1v) is 10.9. The second-order valence-electron chi connectivity index (χ2n) is 8.16. The van der Waals surface area contributed by atoms with E-state index in [0.29, 0.717) is 17.1 Å². The van der Waals surface area contributed by atoms with Crippen molar-refractivity contribution in [2.45, 2.75) is 26.5 Å². The summed E-state index contributed by atoms with van der Waals surface area (Å²) in [6.07, 6.45) is 0.166. The van der Waals surface area contributed by atoms with E-state index in [9.17, 15) is 19.5 Å². The van der Waals surface area contributed by atoms with Crippen LogP contribution in [0.5, 0.6) is 11.5 Å². The minimum absolute atomic E-state index is 0.0707. The second kappa shape index (κ2) is 10.2. The van der Waals surface area contributed by atoms with Gasteiger partial charge in [0.25, 0.3) is 5.91 Å². The molecule has 8 heteroatoms. The zero-order valence-electron chi connectivity index (χ0n) is 19.3. The summed E-state index contributed by atoms with van der Waals surface area (Å²) in [7, 11) is 1.49. The predicted octanol–water partition coefficient (Wildman–Crippen LogP) is 3.09. The van der Waals surface area contributed by atoms with Gasteiger partial charge in [0.15, 0.2) is 11.5 Å². The first-order chi connectivity index (χ1) is 16.8.